The van der Waals surface area contributed by atoms with Crippen molar-refractivity contribution in [1.29, 1.82) is 0 Å². The van der Waals surface area contributed by atoms with Crippen molar-refractivity contribution in [2.45, 2.75) is 31.8 Å². The molecule has 0 saturated carbocycles. The molecule has 1 rings (SSSR count). The van der Waals surface area contributed by atoms with Gasteiger partial charge in [-0.25, -0.2) is 0 Å². The summed E-state index contributed by atoms with van der Waals surface area (Å²) in [5.41, 5.74) is 7.30. The van der Waals surface area contributed by atoms with Gasteiger partial charge < -0.3 is 10.5 Å². The Morgan fingerprint density at radius 2 is 1.83 bits per heavy atom. The Labute approximate surface area is 111 Å². The molecule has 1 aromatic carbocycles. The van der Waals surface area contributed by atoms with Crippen LogP contribution in [0.1, 0.15) is 25.3 Å². The van der Waals surface area contributed by atoms with Gasteiger partial charge in [-0.2, -0.15) is 0 Å². The van der Waals surface area contributed by atoms with E-state index in [0.717, 1.165) is 6.61 Å². The van der Waals surface area contributed by atoms with Crippen LogP contribution in [0.5, 0.6) is 0 Å². The number of rotatable bonds is 7. The lowest BCUT2D eigenvalue weighted by molar-refractivity contribution is 0.0840. The van der Waals surface area contributed by atoms with Crippen molar-refractivity contribution in [2.24, 2.45) is 5.73 Å². The zero-order chi connectivity index (χ0) is 13.5. The Balaban J connectivity index is 2.76. The van der Waals surface area contributed by atoms with Gasteiger partial charge in [0.2, 0.25) is 0 Å². The number of methoxy groups -OCH3 is 1. The van der Waals surface area contributed by atoms with Crippen LogP contribution in [0.25, 0.3) is 0 Å². The SMILES string of the molecule is COCC(C)N(C)C(CN)C(C)c1ccccc1. The Hall–Kier alpha value is -0.900. The van der Waals surface area contributed by atoms with E-state index in [1.165, 1.54) is 5.56 Å². The number of likely N-dealkylation sites (N-methyl/N-ethyl adjacent to an activating group) is 1. The largest absolute Gasteiger partial charge is 0.383 e. The van der Waals surface area contributed by atoms with E-state index >= 15 is 0 Å². The first-order valence-corrected chi connectivity index (χ1v) is 6.57. The summed E-state index contributed by atoms with van der Waals surface area (Å²) in [6.45, 7) is 5.79. The van der Waals surface area contributed by atoms with E-state index in [-0.39, 0.29) is 0 Å². The van der Waals surface area contributed by atoms with Gasteiger partial charge in [0, 0.05) is 25.7 Å². The number of benzene rings is 1. The first-order valence-electron chi connectivity index (χ1n) is 6.57. The van der Waals surface area contributed by atoms with E-state index in [0.29, 0.717) is 24.5 Å². The van der Waals surface area contributed by atoms with Crippen LogP contribution in [0.2, 0.25) is 0 Å². The van der Waals surface area contributed by atoms with Gasteiger partial charge in [0.1, 0.15) is 0 Å². The summed E-state index contributed by atoms with van der Waals surface area (Å²) in [5.74, 6) is 0.417. The molecule has 0 aliphatic rings. The van der Waals surface area contributed by atoms with E-state index in [4.69, 9.17) is 10.5 Å². The molecule has 0 aromatic heterocycles. The van der Waals surface area contributed by atoms with Crippen molar-refractivity contribution in [1.82, 2.24) is 4.90 Å². The lowest BCUT2D eigenvalue weighted by Crippen LogP contribution is -2.47. The molecule has 18 heavy (non-hydrogen) atoms. The van der Waals surface area contributed by atoms with E-state index in [2.05, 4.69) is 50.1 Å². The monoisotopic (exact) mass is 250 g/mol. The summed E-state index contributed by atoms with van der Waals surface area (Å²) in [7, 11) is 3.86. The highest BCUT2D eigenvalue weighted by Gasteiger charge is 2.24. The molecule has 0 amide bonds. The summed E-state index contributed by atoms with van der Waals surface area (Å²) < 4.78 is 5.22. The number of hydrogen-bond acceptors (Lipinski definition) is 3. The molecule has 3 heteroatoms. The normalized spacial score (nSPS) is 16.6. The Bertz CT molecular complexity index is 329. The van der Waals surface area contributed by atoms with Crippen molar-refractivity contribution in [3.63, 3.8) is 0 Å². The molecule has 0 heterocycles. The second-order valence-corrected chi connectivity index (χ2v) is 4.97. The second kappa shape index (κ2) is 7.52. The maximum atomic E-state index is 5.96. The molecule has 0 saturated heterocycles. The van der Waals surface area contributed by atoms with Crippen LogP contribution in [0.3, 0.4) is 0 Å². The van der Waals surface area contributed by atoms with E-state index in [1.54, 1.807) is 7.11 Å². The Kier molecular flexibility index (Phi) is 6.33. The Morgan fingerprint density at radius 3 is 2.33 bits per heavy atom. The quantitative estimate of drug-likeness (QED) is 0.805. The van der Waals surface area contributed by atoms with Crippen molar-refractivity contribution in [3.8, 4) is 0 Å². The highest BCUT2D eigenvalue weighted by Crippen LogP contribution is 2.23. The van der Waals surface area contributed by atoms with Crippen LogP contribution < -0.4 is 5.73 Å². The van der Waals surface area contributed by atoms with Gasteiger partial charge in [-0.1, -0.05) is 37.3 Å². The van der Waals surface area contributed by atoms with Gasteiger partial charge in [-0.05, 0) is 25.5 Å². The molecule has 3 unspecified atom stereocenters. The smallest absolute Gasteiger partial charge is 0.0615 e. The first-order chi connectivity index (χ1) is 8.61. The van der Waals surface area contributed by atoms with E-state index in [9.17, 15) is 0 Å². The molecule has 0 radical (unpaired) electrons. The van der Waals surface area contributed by atoms with Crippen molar-refractivity contribution >= 4 is 0 Å². The number of nitrogens with zero attached hydrogens (tertiary/aromatic N) is 1. The molecule has 0 aliphatic carbocycles. The van der Waals surface area contributed by atoms with Crippen molar-refractivity contribution < 1.29 is 4.74 Å². The number of hydrogen-bond donors (Lipinski definition) is 1. The molecule has 3 nitrogen and oxygen atoms in total. The third kappa shape index (κ3) is 3.80. The second-order valence-electron chi connectivity index (χ2n) is 4.97. The van der Waals surface area contributed by atoms with Crippen molar-refractivity contribution in [3.05, 3.63) is 35.9 Å². The van der Waals surface area contributed by atoms with Gasteiger partial charge in [0.05, 0.1) is 6.61 Å². The molecule has 102 valence electrons. The standard InChI is InChI=1S/C15H26N2O/c1-12(11-18-4)17(3)15(10-16)13(2)14-8-6-5-7-9-14/h5-9,12-13,15H,10-11,16H2,1-4H3. The summed E-state index contributed by atoms with van der Waals surface area (Å²) >= 11 is 0. The fourth-order valence-electron chi connectivity index (χ4n) is 2.39. The topological polar surface area (TPSA) is 38.5 Å². The van der Waals surface area contributed by atoms with Crippen LogP contribution in [-0.2, 0) is 4.74 Å². The average molecular weight is 250 g/mol. The molecular weight excluding hydrogens is 224 g/mol. The Morgan fingerprint density at radius 1 is 1.22 bits per heavy atom. The van der Waals surface area contributed by atoms with Gasteiger partial charge in [-0.15, -0.1) is 0 Å². The van der Waals surface area contributed by atoms with Crippen LogP contribution in [0.4, 0.5) is 0 Å². The third-order valence-corrected chi connectivity index (χ3v) is 3.77. The average Bonchev–Trinajstić information content (AvgIpc) is 2.40. The lowest BCUT2D eigenvalue weighted by Gasteiger charge is -2.36. The minimum atomic E-state index is 0.331. The summed E-state index contributed by atoms with van der Waals surface area (Å²) in [6.07, 6.45) is 0. The minimum Gasteiger partial charge on any atom is -0.383 e. The predicted molar refractivity (Wildman–Crippen MR) is 76.8 cm³/mol. The summed E-state index contributed by atoms with van der Waals surface area (Å²) in [5, 5.41) is 0. The molecule has 3 atom stereocenters. The van der Waals surface area contributed by atoms with Gasteiger partial charge in [0.25, 0.3) is 0 Å². The van der Waals surface area contributed by atoms with E-state index < -0.39 is 0 Å². The maximum Gasteiger partial charge on any atom is 0.0615 e. The minimum absolute atomic E-state index is 0.331. The van der Waals surface area contributed by atoms with Crippen LogP contribution in [0.15, 0.2) is 30.3 Å². The van der Waals surface area contributed by atoms with Gasteiger partial charge >= 0.3 is 0 Å². The lowest BCUT2D eigenvalue weighted by atomic mass is 9.92. The molecule has 0 fully saturated rings. The molecule has 0 spiro atoms. The highest BCUT2D eigenvalue weighted by molar-refractivity contribution is 5.20. The number of ether oxygens (including phenoxy) is 1. The zero-order valence-corrected chi connectivity index (χ0v) is 12.0. The first kappa shape index (κ1) is 15.2. The fraction of sp³-hybridized carbons (Fsp3) is 0.600. The van der Waals surface area contributed by atoms with Crippen LogP contribution >= 0.6 is 0 Å². The molecule has 0 bridgehead atoms. The summed E-state index contributed by atoms with van der Waals surface area (Å²) in [6, 6.07) is 11.2. The molecule has 2 N–H and O–H groups in total. The maximum absolute atomic E-state index is 5.96. The predicted octanol–water partition coefficient (Wildman–Crippen LogP) is 2.08. The van der Waals surface area contributed by atoms with Crippen LogP contribution in [-0.4, -0.2) is 44.3 Å². The fourth-order valence-corrected chi connectivity index (χ4v) is 2.39. The molecule has 0 aliphatic heterocycles. The van der Waals surface area contributed by atoms with E-state index in [1.807, 2.05) is 6.07 Å². The molecule has 1 aromatic rings. The molecular formula is C15H26N2O. The van der Waals surface area contributed by atoms with Gasteiger partial charge in [-0.3, -0.25) is 4.90 Å². The van der Waals surface area contributed by atoms with Crippen LogP contribution in [0, 0.1) is 0 Å². The van der Waals surface area contributed by atoms with Crippen molar-refractivity contribution in [2.75, 3.05) is 27.3 Å². The van der Waals surface area contributed by atoms with Gasteiger partial charge in [0.15, 0.2) is 0 Å². The number of nitrogens with two attached hydrogens (primary N) is 1. The summed E-state index contributed by atoms with van der Waals surface area (Å²) in [4.78, 5) is 2.32. The third-order valence-electron chi connectivity index (χ3n) is 3.77. The highest BCUT2D eigenvalue weighted by atomic mass is 16.5. The zero-order valence-electron chi connectivity index (χ0n) is 12.0.